The average Bonchev–Trinajstić information content (AvgIpc) is 2.72. The van der Waals surface area contributed by atoms with Gasteiger partial charge in [-0.25, -0.2) is 4.79 Å². The van der Waals surface area contributed by atoms with E-state index in [-0.39, 0.29) is 11.9 Å². The Hall–Kier alpha value is -1.92. The van der Waals surface area contributed by atoms with Gasteiger partial charge in [0.15, 0.2) is 6.10 Å². The predicted molar refractivity (Wildman–Crippen MR) is 124 cm³/mol. The topological polar surface area (TPSA) is 65.1 Å². The van der Waals surface area contributed by atoms with E-state index in [2.05, 4.69) is 13.8 Å². The molecule has 6 nitrogen and oxygen atoms in total. The second kappa shape index (κ2) is 9.92. The number of ether oxygens (including phenoxy) is 3. The number of carbonyl (C=O) groups is 2. The molecular weight excluding hydrogens is 406 g/mol. The minimum atomic E-state index is -0.811. The number of hydrogen-bond acceptors (Lipinski definition) is 5. The molecule has 6 heteroatoms. The Kier molecular flexibility index (Phi) is 7.66. The Morgan fingerprint density at radius 2 is 1.75 bits per heavy atom. The van der Waals surface area contributed by atoms with Crippen LogP contribution in [-0.2, 0) is 36.8 Å². The molecule has 0 saturated carbocycles. The monoisotopic (exact) mass is 445 g/mol. The molecule has 0 radical (unpaired) electrons. The molecule has 2 aliphatic heterocycles. The lowest BCUT2D eigenvalue weighted by Gasteiger charge is -2.37. The minimum absolute atomic E-state index is 0.158. The maximum Gasteiger partial charge on any atom is 0.339 e. The third-order valence-electron chi connectivity index (χ3n) is 6.72. The summed E-state index contributed by atoms with van der Waals surface area (Å²) in [6.45, 7) is 17.1. The molecule has 0 aliphatic carbocycles. The van der Waals surface area contributed by atoms with Gasteiger partial charge in [-0.05, 0) is 101 Å². The van der Waals surface area contributed by atoms with Gasteiger partial charge >= 0.3 is 5.97 Å². The Labute approximate surface area is 192 Å². The van der Waals surface area contributed by atoms with Crippen LogP contribution in [0.15, 0.2) is 0 Å². The van der Waals surface area contributed by atoms with Crippen molar-refractivity contribution in [3.05, 3.63) is 33.4 Å². The maximum absolute atomic E-state index is 13.1. The third-order valence-corrected chi connectivity index (χ3v) is 6.72. The summed E-state index contributed by atoms with van der Waals surface area (Å²) in [4.78, 5) is 28.0. The van der Waals surface area contributed by atoms with Gasteiger partial charge in [0.2, 0.25) is 5.91 Å². The zero-order chi connectivity index (χ0) is 23.6. The van der Waals surface area contributed by atoms with Crippen LogP contribution in [-0.4, -0.2) is 48.7 Å². The normalized spacial score (nSPS) is 18.5. The molecule has 0 spiro atoms. The van der Waals surface area contributed by atoms with Crippen molar-refractivity contribution >= 4 is 11.9 Å². The van der Waals surface area contributed by atoms with Gasteiger partial charge < -0.3 is 19.1 Å². The molecule has 1 fully saturated rings. The van der Waals surface area contributed by atoms with E-state index in [1.54, 1.807) is 6.92 Å². The van der Waals surface area contributed by atoms with Gasteiger partial charge in [-0.1, -0.05) is 0 Å². The Morgan fingerprint density at radius 3 is 2.34 bits per heavy atom. The summed E-state index contributed by atoms with van der Waals surface area (Å²) in [6, 6.07) is 0. The van der Waals surface area contributed by atoms with Crippen molar-refractivity contribution in [2.75, 3.05) is 26.4 Å². The van der Waals surface area contributed by atoms with Crippen LogP contribution in [0, 0.1) is 26.7 Å². The van der Waals surface area contributed by atoms with Crippen molar-refractivity contribution in [2.45, 2.75) is 86.0 Å². The molecule has 0 bridgehead atoms. The fourth-order valence-electron chi connectivity index (χ4n) is 4.92. The van der Waals surface area contributed by atoms with Gasteiger partial charge in [-0.15, -0.1) is 0 Å². The van der Waals surface area contributed by atoms with Crippen LogP contribution >= 0.6 is 0 Å². The molecule has 1 amide bonds. The van der Waals surface area contributed by atoms with Crippen molar-refractivity contribution < 1.29 is 23.8 Å². The first-order valence-electron chi connectivity index (χ1n) is 11.8. The Morgan fingerprint density at radius 1 is 1.09 bits per heavy atom. The van der Waals surface area contributed by atoms with Gasteiger partial charge in [-0.2, -0.15) is 0 Å². The van der Waals surface area contributed by atoms with Crippen LogP contribution in [0.3, 0.4) is 0 Å². The molecule has 0 unspecified atom stereocenters. The van der Waals surface area contributed by atoms with E-state index < -0.39 is 11.7 Å². The van der Waals surface area contributed by atoms with E-state index in [1.807, 2.05) is 32.6 Å². The van der Waals surface area contributed by atoms with Crippen molar-refractivity contribution in [3.63, 3.8) is 0 Å². The summed E-state index contributed by atoms with van der Waals surface area (Å²) in [5.74, 6) is 0.284. The molecule has 1 aromatic rings. The highest BCUT2D eigenvalue weighted by molar-refractivity contribution is 5.83. The lowest BCUT2D eigenvalue weighted by molar-refractivity contribution is -0.167. The highest BCUT2D eigenvalue weighted by Gasteiger charge is 2.35. The molecule has 1 saturated heterocycles. The predicted octanol–water partition coefficient (Wildman–Crippen LogP) is 4.34. The zero-order valence-electron chi connectivity index (χ0n) is 20.8. The second-order valence-electron chi connectivity index (χ2n) is 10.1. The number of nitrogens with zero attached hydrogens (tertiary/aromatic N) is 1. The summed E-state index contributed by atoms with van der Waals surface area (Å²) in [5.41, 5.74) is 5.75. The molecule has 3 rings (SSSR count). The highest BCUT2D eigenvalue weighted by atomic mass is 16.6. The first kappa shape index (κ1) is 24.7. The number of fused-ring (bicyclic) bond motifs is 1. The smallest absolute Gasteiger partial charge is 0.339 e. The zero-order valence-corrected chi connectivity index (χ0v) is 20.8. The van der Waals surface area contributed by atoms with E-state index in [1.165, 1.54) is 5.56 Å². The number of rotatable bonds is 6. The second-order valence-corrected chi connectivity index (χ2v) is 10.1. The van der Waals surface area contributed by atoms with Crippen LogP contribution in [0.4, 0.5) is 0 Å². The van der Waals surface area contributed by atoms with Crippen molar-refractivity contribution in [2.24, 2.45) is 5.92 Å². The minimum Gasteiger partial charge on any atom is -0.464 e. The van der Waals surface area contributed by atoms with Crippen LogP contribution < -0.4 is 0 Å². The number of carbonyl (C=O) groups excluding carboxylic acids is 2. The standard InChI is InChI=1S/C26H39NO5/c1-8-31-25(29)24(32-26(5,6)7)23-17(3)16(2)21-15-27(14-19-9-11-30-12-10-19)22(28)13-20(21)18(23)4/h19,24H,8-15H2,1-7H3/t24-/m0/s1. The van der Waals surface area contributed by atoms with Crippen LogP contribution in [0.25, 0.3) is 0 Å². The first-order valence-corrected chi connectivity index (χ1v) is 11.8. The van der Waals surface area contributed by atoms with Gasteiger partial charge in [0.05, 0.1) is 18.6 Å². The van der Waals surface area contributed by atoms with Crippen molar-refractivity contribution in [1.82, 2.24) is 4.90 Å². The molecule has 0 aromatic heterocycles. The average molecular weight is 446 g/mol. The van der Waals surface area contributed by atoms with Crippen LogP contribution in [0.5, 0.6) is 0 Å². The molecule has 2 aliphatic rings. The van der Waals surface area contributed by atoms with E-state index in [0.717, 1.165) is 60.4 Å². The van der Waals surface area contributed by atoms with Gasteiger partial charge in [0.25, 0.3) is 0 Å². The van der Waals surface area contributed by atoms with E-state index in [4.69, 9.17) is 14.2 Å². The summed E-state index contributed by atoms with van der Waals surface area (Å²) in [5, 5.41) is 0. The largest absolute Gasteiger partial charge is 0.464 e. The molecular formula is C26H39NO5. The summed E-state index contributed by atoms with van der Waals surface area (Å²) in [7, 11) is 0. The van der Waals surface area contributed by atoms with Crippen molar-refractivity contribution in [1.29, 1.82) is 0 Å². The summed E-state index contributed by atoms with van der Waals surface area (Å²) < 4.78 is 17.1. The number of benzene rings is 1. The lowest BCUT2D eigenvalue weighted by atomic mass is 9.82. The highest BCUT2D eigenvalue weighted by Crippen LogP contribution is 2.38. The van der Waals surface area contributed by atoms with Gasteiger partial charge in [-0.3, -0.25) is 4.79 Å². The van der Waals surface area contributed by atoms with Crippen molar-refractivity contribution in [3.8, 4) is 0 Å². The molecule has 1 aromatic carbocycles. The lowest BCUT2D eigenvalue weighted by Crippen LogP contribution is -2.41. The molecule has 32 heavy (non-hydrogen) atoms. The number of esters is 1. The van der Waals surface area contributed by atoms with E-state index in [9.17, 15) is 9.59 Å². The Bertz CT molecular complexity index is 864. The van der Waals surface area contributed by atoms with Crippen LogP contribution in [0.1, 0.15) is 80.0 Å². The van der Waals surface area contributed by atoms with Crippen LogP contribution in [0.2, 0.25) is 0 Å². The Balaban J connectivity index is 1.98. The van der Waals surface area contributed by atoms with Gasteiger partial charge in [0.1, 0.15) is 0 Å². The van der Waals surface area contributed by atoms with Gasteiger partial charge in [0, 0.05) is 26.3 Å². The maximum atomic E-state index is 13.1. The molecule has 178 valence electrons. The number of amides is 1. The van der Waals surface area contributed by atoms with E-state index in [0.29, 0.717) is 25.5 Å². The first-order chi connectivity index (χ1) is 15.0. The molecule has 0 N–H and O–H groups in total. The summed E-state index contributed by atoms with van der Waals surface area (Å²) >= 11 is 0. The van der Waals surface area contributed by atoms with E-state index >= 15 is 0 Å². The number of hydrogen-bond donors (Lipinski definition) is 0. The third kappa shape index (κ3) is 5.34. The SMILES string of the molecule is CCOC(=O)[C@@H](OC(C)(C)C)c1c(C)c(C)c2c(c1C)CC(=O)N(CC1CCOCC1)C2. The fourth-order valence-corrected chi connectivity index (χ4v) is 4.92. The fraction of sp³-hybridized carbons (Fsp3) is 0.692. The molecule has 1 atom stereocenters. The molecule has 2 heterocycles. The summed E-state index contributed by atoms with van der Waals surface area (Å²) in [6.07, 6.45) is 1.58. The quantitative estimate of drug-likeness (QED) is 0.610.